The van der Waals surface area contributed by atoms with Crippen molar-refractivity contribution in [1.82, 2.24) is 5.32 Å². The van der Waals surface area contributed by atoms with Crippen LogP contribution in [0.2, 0.25) is 5.02 Å². The number of rotatable bonds is 6. The van der Waals surface area contributed by atoms with Gasteiger partial charge in [0.05, 0.1) is 0 Å². The highest BCUT2D eigenvalue weighted by Crippen LogP contribution is 2.29. The van der Waals surface area contributed by atoms with Crippen LogP contribution in [0.5, 0.6) is 11.5 Å². The molecule has 0 spiro atoms. The van der Waals surface area contributed by atoms with Gasteiger partial charge in [0.1, 0.15) is 11.5 Å². The number of hydrogen-bond donors (Lipinski definition) is 1. The van der Waals surface area contributed by atoms with Crippen LogP contribution in [0.4, 0.5) is 0 Å². The summed E-state index contributed by atoms with van der Waals surface area (Å²) in [6.45, 7) is 3.92. The molecular weight excluding hydrogens is 385 g/mol. The van der Waals surface area contributed by atoms with E-state index in [1.807, 2.05) is 42.5 Å². The fraction of sp³-hybridized carbons (Fsp3) is 0.250. The fourth-order valence-electron chi connectivity index (χ4n) is 1.83. The maximum atomic E-state index is 6.07. The van der Waals surface area contributed by atoms with Gasteiger partial charge < -0.3 is 10.1 Å². The SMILES string of the molecule is CCCNCc1ccc(Cl)cc1Oc1cccc(I)c1. The highest BCUT2D eigenvalue weighted by Gasteiger charge is 2.06. The van der Waals surface area contributed by atoms with Gasteiger partial charge in [-0.3, -0.25) is 0 Å². The van der Waals surface area contributed by atoms with Gasteiger partial charge in [0, 0.05) is 20.7 Å². The zero-order chi connectivity index (χ0) is 14.4. The lowest BCUT2D eigenvalue weighted by atomic mass is 10.2. The molecule has 0 aliphatic rings. The van der Waals surface area contributed by atoms with Crippen molar-refractivity contribution >= 4 is 34.2 Å². The van der Waals surface area contributed by atoms with Crippen molar-refractivity contribution in [2.45, 2.75) is 19.9 Å². The summed E-state index contributed by atoms with van der Waals surface area (Å²) in [5.41, 5.74) is 1.11. The van der Waals surface area contributed by atoms with Crippen LogP contribution in [0.1, 0.15) is 18.9 Å². The summed E-state index contributed by atoms with van der Waals surface area (Å²) in [4.78, 5) is 0. The molecule has 2 rings (SSSR count). The smallest absolute Gasteiger partial charge is 0.133 e. The average Bonchev–Trinajstić information content (AvgIpc) is 2.41. The highest BCUT2D eigenvalue weighted by molar-refractivity contribution is 14.1. The molecule has 0 radical (unpaired) electrons. The lowest BCUT2D eigenvalue weighted by Gasteiger charge is -2.12. The Kier molecular flexibility index (Phi) is 6.13. The zero-order valence-electron chi connectivity index (χ0n) is 11.3. The molecular formula is C16H17ClINO. The number of halogens is 2. The van der Waals surface area contributed by atoms with Crippen molar-refractivity contribution in [2.75, 3.05) is 6.54 Å². The van der Waals surface area contributed by atoms with Crippen LogP contribution in [0.15, 0.2) is 42.5 Å². The first-order chi connectivity index (χ1) is 9.69. The Morgan fingerprint density at radius 2 is 2.05 bits per heavy atom. The van der Waals surface area contributed by atoms with E-state index in [9.17, 15) is 0 Å². The maximum Gasteiger partial charge on any atom is 0.133 e. The van der Waals surface area contributed by atoms with Crippen molar-refractivity contribution in [3.05, 3.63) is 56.6 Å². The van der Waals surface area contributed by atoms with E-state index in [0.717, 1.165) is 40.1 Å². The second-order valence-corrected chi connectivity index (χ2v) is 6.17. The van der Waals surface area contributed by atoms with E-state index in [1.54, 1.807) is 0 Å². The Morgan fingerprint density at radius 3 is 2.80 bits per heavy atom. The highest BCUT2D eigenvalue weighted by atomic mass is 127. The van der Waals surface area contributed by atoms with Crippen molar-refractivity contribution < 1.29 is 4.74 Å². The molecule has 2 aromatic rings. The normalized spacial score (nSPS) is 10.6. The van der Waals surface area contributed by atoms with Gasteiger partial charge in [0.15, 0.2) is 0 Å². The van der Waals surface area contributed by atoms with E-state index in [0.29, 0.717) is 5.02 Å². The van der Waals surface area contributed by atoms with Crippen LogP contribution in [0.3, 0.4) is 0 Å². The lowest BCUT2D eigenvalue weighted by molar-refractivity contribution is 0.472. The monoisotopic (exact) mass is 401 g/mol. The summed E-state index contributed by atoms with van der Waals surface area (Å²) in [5.74, 6) is 1.64. The van der Waals surface area contributed by atoms with Crippen LogP contribution in [-0.4, -0.2) is 6.54 Å². The predicted molar refractivity (Wildman–Crippen MR) is 92.7 cm³/mol. The molecule has 20 heavy (non-hydrogen) atoms. The molecule has 0 unspecified atom stereocenters. The molecule has 106 valence electrons. The number of benzene rings is 2. The third kappa shape index (κ3) is 4.65. The maximum absolute atomic E-state index is 6.07. The summed E-state index contributed by atoms with van der Waals surface area (Å²) in [6.07, 6.45) is 1.11. The lowest BCUT2D eigenvalue weighted by Crippen LogP contribution is -2.14. The van der Waals surface area contributed by atoms with E-state index in [-0.39, 0.29) is 0 Å². The first-order valence-corrected chi connectivity index (χ1v) is 8.07. The fourth-order valence-corrected chi connectivity index (χ4v) is 2.50. The average molecular weight is 402 g/mol. The van der Waals surface area contributed by atoms with E-state index in [1.165, 1.54) is 0 Å². The molecule has 0 aliphatic heterocycles. The number of nitrogens with one attached hydrogen (secondary N) is 1. The Hall–Kier alpha value is -0.780. The van der Waals surface area contributed by atoms with Gasteiger partial charge in [-0.05, 0) is 65.9 Å². The van der Waals surface area contributed by atoms with Crippen LogP contribution >= 0.6 is 34.2 Å². The minimum absolute atomic E-state index is 0.685. The molecule has 4 heteroatoms. The standard InChI is InChI=1S/C16H17ClINO/c1-2-8-19-11-12-6-7-13(17)9-16(12)20-15-5-3-4-14(18)10-15/h3-7,9-10,19H,2,8,11H2,1H3. The summed E-state index contributed by atoms with van der Waals surface area (Å²) in [7, 11) is 0. The van der Waals surface area contributed by atoms with Crippen molar-refractivity contribution in [1.29, 1.82) is 0 Å². The second kappa shape index (κ2) is 7.86. The predicted octanol–water partition coefficient (Wildman–Crippen LogP) is 5.24. The molecule has 0 bridgehead atoms. The minimum Gasteiger partial charge on any atom is -0.457 e. The van der Waals surface area contributed by atoms with Crippen molar-refractivity contribution in [3.8, 4) is 11.5 Å². The van der Waals surface area contributed by atoms with Gasteiger partial charge >= 0.3 is 0 Å². The Balaban J connectivity index is 2.18. The van der Waals surface area contributed by atoms with Crippen LogP contribution < -0.4 is 10.1 Å². The summed E-state index contributed by atoms with van der Waals surface area (Å²) >= 11 is 8.35. The second-order valence-electron chi connectivity index (χ2n) is 4.49. The quantitative estimate of drug-likeness (QED) is 0.528. The molecule has 0 heterocycles. The van der Waals surface area contributed by atoms with E-state index in [2.05, 4.69) is 34.8 Å². The van der Waals surface area contributed by atoms with Crippen LogP contribution in [-0.2, 0) is 6.54 Å². The number of ether oxygens (including phenoxy) is 1. The molecule has 1 N–H and O–H groups in total. The van der Waals surface area contributed by atoms with Gasteiger partial charge in [-0.15, -0.1) is 0 Å². The van der Waals surface area contributed by atoms with Crippen molar-refractivity contribution in [2.24, 2.45) is 0 Å². The molecule has 0 atom stereocenters. The molecule has 2 aromatic carbocycles. The molecule has 2 nitrogen and oxygen atoms in total. The van der Waals surface area contributed by atoms with Crippen LogP contribution in [0, 0.1) is 3.57 Å². The summed E-state index contributed by atoms with van der Waals surface area (Å²) in [6, 6.07) is 13.7. The van der Waals surface area contributed by atoms with Gasteiger partial charge in [0.25, 0.3) is 0 Å². The summed E-state index contributed by atoms with van der Waals surface area (Å²) in [5, 5.41) is 4.07. The molecule has 0 saturated heterocycles. The van der Waals surface area contributed by atoms with Crippen molar-refractivity contribution in [3.63, 3.8) is 0 Å². The molecule has 0 aliphatic carbocycles. The first kappa shape index (κ1) is 15.6. The third-order valence-corrected chi connectivity index (χ3v) is 3.70. The van der Waals surface area contributed by atoms with Crippen LogP contribution in [0.25, 0.3) is 0 Å². The van der Waals surface area contributed by atoms with Gasteiger partial charge in [-0.25, -0.2) is 0 Å². The minimum atomic E-state index is 0.685. The summed E-state index contributed by atoms with van der Waals surface area (Å²) < 4.78 is 7.12. The molecule has 0 aromatic heterocycles. The largest absolute Gasteiger partial charge is 0.457 e. The Morgan fingerprint density at radius 1 is 1.20 bits per heavy atom. The molecule has 0 saturated carbocycles. The third-order valence-electron chi connectivity index (χ3n) is 2.80. The number of hydrogen-bond acceptors (Lipinski definition) is 2. The molecule has 0 amide bonds. The Labute approximate surface area is 138 Å². The first-order valence-electron chi connectivity index (χ1n) is 6.61. The Bertz CT molecular complexity index is 574. The van der Waals surface area contributed by atoms with E-state index in [4.69, 9.17) is 16.3 Å². The molecule has 0 fully saturated rings. The topological polar surface area (TPSA) is 21.3 Å². The van der Waals surface area contributed by atoms with Gasteiger partial charge in [-0.1, -0.05) is 30.7 Å². The van der Waals surface area contributed by atoms with Gasteiger partial charge in [0.2, 0.25) is 0 Å². The van der Waals surface area contributed by atoms with E-state index < -0.39 is 0 Å². The van der Waals surface area contributed by atoms with Gasteiger partial charge in [-0.2, -0.15) is 0 Å². The zero-order valence-corrected chi connectivity index (χ0v) is 14.2. The van der Waals surface area contributed by atoms with E-state index >= 15 is 0 Å².